The molecule has 0 bridgehead atoms. The van der Waals surface area contributed by atoms with E-state index in [1.165, 1.54) is 0 Å². The van der Waals surface area contributed by atoms with Gasteiger partial charge in [-0.25, -0.2) is 4.98 Å². The van der Waals surface area contributed by atoms with Crippen LogP contribution in [0.1, 0.15) is 81.1 Å². The molecule has 174 valence electrons. The molecule has 1 aromatic heterocycles. The van der Waals surface area contributed by atoms with Crippen molar-refractivity contribution < 1.29 is 14.6 Å². The van der Waals surface area contributed by atoms with Crippen LogP contribution in [0, 0.1) is 5.41 Å². The fourth-order valence-electron chi connectivity index (χ4n) is 3.84. The third kappa shape index (κ3) is 5.14. The van der Waals surface area contributed by atoms with Gasteiger partial charge >= 0.3 is 0 Å². The first-order chi connectivity index (χ1) is 14.3. The molecular weight excluding hydrogens is 470 g/mol. The summed E-state index contributed by atoms with van der Waals surface area (Å²) in [4.78, 5) is 19.3. The summed E-state index contributed by atoms with van der Waals surface area (Å²) in [6.45, 7) is 15.1. The summed E-state index contributed by atoms with van der Waals surface area (Å²) in [6, 6.07) is 5.44. The Morgan fingerprint density at radius 1 is 1.12 bits per heavy atom. The number of carbonyl (C=O) groups is 1. The first-order valence-electron chi connectivity index (χ1n) is 10.7. The van der Waals surface area contributed by atoms with Gasteiger partial charge < -0.3 is 14.7 Å². The van der Waals surface area contributed by atoms with E-state index in [0.717, 1.165) is 22.3 Å². The molecule has 0 unspecified atom stereocenters. The van der Waals surface area contributed by atoms with Gasteiger partial charge in [0.25, 0.3) is 0 Å². The lowest BCUT2D eigenvalue weighted by molar-refractivity contribution is 0.0962. The number of halogens is 1. The second-order valence-corrected chi connectivity index (χ2v) is 10.2. The van der Waals surface area contributed by atoms with Crippen LogP contribution in [0.15, 0.2) is 24.4 Å². The van der Waals surface area contributed by atoms with E-state index in [2.05, 4.69) is 4.98 Å². The number of Topliss-reactive ketones (excluding diaryl/α,β-unsaturated/α-hetero) is 1. The molecule has 6 nitrogen and oxygen atoms in total. The number of ether oxygens (including phenoxy) is 1. The molecule has 0 aliphatic carbocycles. The zero-order valence-corrected chi connectivity index (χ0v) is 21.7. The Morgan fingerprint density at radius 3 is 2.19 bits per heavy atom. The Balaban J connectivity index is 0.00000363. The number of nitrogens with one attached hydrogen (secondary N) is 1. The third-order valence-electron chi connectivity index (χ3n) is 5.57. The highest BCUT2D eigenvalue weighted by atomic mass is 79.9. The van der Waals surface area contributed by atoms with Crippen molar-refractivity contribution in [1.82, 2.24) is 9.88 Å². The molecular formula is C25H34BrN3O3. The Bertz CT molecular complexity index is 1000. The van der Waals surface area contributed by atoms with Gasteiger partial charge in [0.1, 0.15) is 11.6 Å². The maximum atomic E-state index is 13.3. The summed E-state index contributed by atoms with van der Waals surface area (Å²) >= 11 is 0. The van der Waals surface area contributed by atoms with Crippen molar-refractivity contribution in [3.8, 4) is 11.6 Å². The van der Waals surface area contributed by atoms with Crippen LogP contribution in [0.2, 0.25) is 0 Å². The molecule has 1 aliphatic heterocycles. The van der Waals surface area contributed by atoms with Crippen molar-refractivity contribution in [3.05, 3.63) is 52.2 Å². The first-order valence-corrected chi connectivity index (χ1v) is 10.7. The maximum absolute atomic E-state index is 13.3. The van der Waals surface area contributed by atoms with Crippen LogP contribution < -0.4 is 4.74 Å². The third-order valence-corrected chi connectivity index (χ3v) is 5.57. The van der Waals surface area contributed by atoms with Crippen molar-refractivity contribution in [2.45, 2.75) is 65.8 Å². The number of fused-ring (bicyclic) bond motifs is 1. The lowest BCUT2D eigenvalue weighted by Crippen LogP contribution is -2.30. The van der Waals surface area contributed by atoms with Crippen LogP contribution in [-0.2, 0) is 17.4 Å². The summed E-state index contributed by atoms with van der Waals surface area (Å²) in [6.07, 6.45) is 1.64. The van der Waals surface area contributed by atoms with Gasteiger partial charge in [-0.1, -0.05) is 41.5 Å². The Labute approximate surface area is 201 Å². The minimum Gasteiger partial charge on any atom is -0.507 e. The van der Waals surface area contributed by atoms with E-state index in [1.54, 1.807) is 23.2 Å². The molecule has 0 atom stereocenters. The molecule has 3 rings (SSSR count). The predicted octanol–water partition coefficient (Wildman–Crippen LogP) is 5.38. The second-order valence-electron chi connectivity index (χ2n) is 10.2. The van der Waals surface area contributed by atoms with E-state index in [1.807, 2.05) is 54.5 Å². The smallest absolute Gasteiger partial charge is 0.213 e. The van der Waals surface area contributed by atoms with Gasteiger partial charge in [-0.15, -0.1) is 17.0 Å². The topological polar surface area (TPSA) is 86.5 Å². The average Bonchev–Trinajstić information content (AvgIpc) is 2.95. The van der Waals surface area contributed by atoms with Gasteiger partial charge in [0.2, 0.25) is 5.88 Å². The zero-order valence-electron chi connectivity index (χ0n) is 20.0. The van der Waals surface area contributed by atoms with E-state index in [0.29, 0.717) is 30.4 Å². The molecule has 0 amide bonds. The Kier molecular flexibility index (Phi) is 7.45. The minimum atomic E-state index is -0.307. The lowest BCUT2D eigenvalue weighted by atomic mass is 9.78. The maximum Gasteiger partial charge on any atom is 0.213 e. The summed E-state index contributed by atoms with van der Waals surface area (Å²) in [7, 11) is 0. The number of carbonyl (C=O) groups excluding carboxylic acids is 1. The number of phenolic OH excluding ortho intramolecular Hbond substituents is 1. The van der Waals surface area contributed by atoms with E-state index in [9.17, 15) is 9.90 Å². The molecule has 2 aromatic rings. The van der Waals surface area contributed by atoms with Crippen LogP contribution >= 0.6 is 17.0 Å². The Morgan fingerprint density at radius 2 is 1.69 bits per heavy atom. The Hall–Kier alpha value is -2.41. The van der Waals surface area contributed by atoms with E-state index < -0.39 is 0 Å². The van der Waals surface area contributed by atoms with Gasteiger partial charge in [-0.2, -0.15) is 0 Å². The first kappa shape index (κ1) is 25.8. The molecule has 7 heteroatoms. The number of hydrogen-bond acceptors (Lipinski definition) is 5. The predicted molar refractivity (Wildman–Crippen MR) is 133 cm³/mol. The van der Waals surface area contributed by atoms with Gasteiger partial charge in [0, 0.05) is 41.1 Å². The number of aromatic nitrogens is 1. The van der Waals surface area contributed by atoms with Crippen molar-refractivity contribution in [3.63, 3.8) is 0 Å². The summed E-state index contributed by atoms with van der Waals surface area (Å²) in [5, 5.41) is 19.4. The summed E-state index contributed by atoms with van der Waals surface area (Å²) in [5.74, 6) is 1.01. The molecule has 2 heterocycles. The molecule has 32 heavy (non-hydrogen) atoms. The largest absolute Gasteiger partial charge is 0.507 e. The van der Waals surface area contributed by atoms with Crippen molar-refractivity contribution in [2.75, 3.05) is 13.2 Å². The molecule has 1 aromatic carbocycles. The van der Waals surface area contributed by atoms with Gasteiger partial charge in [0.15, 0.2) is 5.78 Å². The normalized spacial score (nSPS) is 13.6. The number of ketones is 1. The van der Waals surface area contributed by atoms with E-state index in [4.69, 9.17) is 10.1 Å². The fraction of sp³-hybridized carbons (Fsp3) is 0.480. The SMILES string of the molecule is Br.CCOc1cc2c(cn1)C(=N)N(CC(=O)c1cc(C(C)(C)C)c(O)c(C(C)(C)C)c1)C2. The lowest BCUT2D eigenvalue weighted by Gasteiger charge is -2.28. The number of nitrogens with zero attached hydrogens (tertiary/aromatic N) is 2. The highest BCUT2D eigenvalue weighted by Gasteiger charge is 2.30. The second kappa shape index (κ2) is 9.22. The molecule has 2 N–H and O–H groups in total. The molecule has 0 saturated carbocycles. The highest BCUT2D eigenvalue weighted by molar-refractivity contribution is 8.93. The number of amidine groups is 1. The van der Waals surface area contributed by atoms with E-state index in [-0.39, 0.29) is 45.9 Å². The monoisotopic (exact) mass is 503 g/mol. The number of phenols is 1. The number of pyridine rings is 1. The van der Waals surface area contributed by atoms with Crippen LogP contribution in [-0.4, -0.2) is 39.8 Å². The van der Waals surface area contributed by atoms with Gasteiger partial charge in [0.05, 0.1) is 13.2 Å². The molecule has 0 fully saturated rings. The number of hydrogen-bond donors (Lipinski definition) is 2. The highest BCUT2D eigenvalue weighted by Crippen LogP contribution is 2.40. The van der Waals surface area contributed by atoms with Gasteiger partial charge in [-0.3, -0.25) is 10.2 Å². The summed E-state index contributed by atoms with van der Waals surface area (Å²) < 4.78 is 5.46. The number of aromatic hydroxyl groups is 1. The number of rotatable bonds is 5. The van der Waals surface area contributed by atoms with Gasteiger partial charge in [-0.05, 0) is 35.4 Å². The van der Waals surface area contributed by atoms with E-state index >= 15 is 0 Å². The minimum absolute atomic E-state index is 0. The summed E-state index contributed by atoms with van der Waals surface area (Å²) in [5.41, 5.74) is 3.13. The molecule has 0 spiro atoms. The number of benzene rings is 1. The quantitative estimate of drug-likeness (QED) is 0.534. The standard InChI is InChI=1S/C25H33N3O3.BrH/c1-8-31-21-11-16-13-28(23(26)17(16)12-27-21)14-20(29)15-9-18(24(2,3)4)22(30)19(10-15)25(5,6)7;/h9-12,26,30H,8,13-14H2,1-7H3;1H. The van der Waals surface area contributed by atoms with Crippen LogP contribution in [0.4, 0.5) is 0 Å². The van der Waals surface area contributed by atoms with Crippen molar-refractivity contribution >= 4 is 28.6 Å². The van der Waals surface area contributed by atoms with Crippen LogP contribution in [0.5, 0.6) is 11.6 Å². The van der Waals surface area contributed by atoms with Crippen LogP contribution in [0.3, 0.4) is 0 Å². The molecule has 1 aliphatic rings. The zero-order chi connectivity index (χ0) is 23.1. The molecule has 0 radical (unpaired) electrons. The fourth-order valence-corrected chi connectivity index (χ4v) is 3.84. The average molecular weight is 504 g/mol. The molecule has 0 saturated heterocycles. The van der Waals surface area contributed by atoms with Crippen molar-refractivity contribution in [2.24, 2.45) is 0 Å². The van der Waals surface area contributed by atoms with Crippen molar-refractivity contribution in [1.29, 1.82) is 5.41 Å². The van der Waals surface area contributed by atoms with Crippen LogP contribution in [0.25, 0.3) is 0 Å².